The molecule has 0 spiro atoms. The summed E-state index contributed by atoms with van der Waals surface area (Å²) >= 11 is 0. The highest BCUT2D eigenvalue weighted by Gasteiger charge is 2.34. The number of carbonyl (C=O) groups is 3. The molecule has 0 saturated carbocycles. The quantitative estimate of drug-likeness (QED) is 0.417. The van der Waals surface area contributed by atoms with Gasteiger partial charge in [-0.3, -0.25) is 9.59 Å². The minimum atomic E-state index is -0.957. The summed E-state index contributed by atoms with van der Waals surface area (Å²) in [7, 11) is 0. The maximum absolute atomic E-state index is 12.4. The third kappa shape index (κ3) is 6.18. The fourth-order valence-corrected chi connectivity index (χ4v) is 2.76. The highest BCUT2D eigenvalue weighted by molar-refractivity contribution is 5.89. The average Bonchev–Trinajstić information content (AvgIpc) is 2.57. The van der Waals surface area contributed by atoms with E-state index in [1.807, 2.05) is 6.92 Å². The van der Waals surface area contributed by atoms with Gasteiger partial charge in [-0.1, -0.05) is 25.2 Å². The summed E-state index contributed by atoms with van der Waals surface area (Å²) in [5.41, 5.74) is 1.34. The Morgan fingerprint density at radius 3 is 2.71 bits per heavy atom. The number of ether oxygens (including phenoxy) is 2. The molecule has 0 heterocycles. The van der Waals surface area contributed by atoms with Crippen LogP contribution in [0.15, 0.2) is 24.3 Å². The molecule has 1 rings (SSSR count). The Morgan fingerprint density at radius 1 is 1.46 bits per heavy atom. The lowest BCUT2D eigenvalue weighted by atomic mass is 9.79. The molecule has 1 N–H and O–H groups in total. The van der Waals surface area contributed by atoms with Gasteiger partial charge in [0.1, 0.15) is 6.54 Å². The van der Waals surface area contributed by atoms with Crippen molar-refractivity contribution in [3.8, 4) is 0 Å². The van der Waals surface area contributed by atoms with Crippen molar-refractivity contribution in [1.29, 1.82) is 0 Å². The number of amides is 1. The number of rotatable bonds is 8. The van der Waals surface area contributed by atoms with Gasteiger partial charge in [-0.15, -0.1) is 0 Å². The van der Waals surface area contributed by atoms with Crippen LogP contribution < -0.4 is 5.32 Å². The molecular formula is C18H27NO5. The largest absolute Gasteiger partial charge is 0.465 e. The Morgan fingerprint density at radius 2 is 2.17 bits per heavy atom. The molecule has 6 nitrogen and oxygen atoms in total. The molecule has 0 saturated heterocycles. The molecule has 0 aromatic rings. The second-order valence-corrected chi connectivity index (χ2v) is 6.03. The smallest absolute Gasteiger partial charge is 0.330 e. The summed E-state index contributed by atoms with van der Waals surface area (Å²) in [4.78, 5) is 35.4. The van der Waals surface area contributed by atoms with E-state index in [0.717, 1.165) is 25.3 Å². The van der Waals surface area contributed by atoms with Crippen LogP contribution >= 0.6 is 0 Å². The summed E-state index contributed by atoms with van der Waals surface area (Å²) in [6.07, 6.45) is 5.00. The normalized spacial score (nSPS) is 19.5. The first-order valence-corrected chi connectivity index (χ1v) is 8.31. The van der Waals surface area contributed by atoms with Crippen molar-refractivity contribution in [1.82, 2.24) is 5.32 Å². The molecule has 1 aliphatic rings. The fraction of sp³-hybridized carbons (Fsp3) is 0.611. The molecule has 0 aromatic carbocycles. The molecule has 0 radical (unpaired) electrons. The van der Waals surface area contributed by atoms with Crippen molar-refractivity contribution >= 4 is 17.8 Å². The predicted molar refractivity (Wildman–Crippen MR) is 90.0 cm³/mol. The van der Waals surface area contributed by atoms with Gasteiger partial charge in [0.05, 0.1) is 6.61 Å². The van der Waals surface area contributed by atoms with Crippen LogP contribution in [-0.4, -0.2) is 37.1 Å². The average molecular weight is 337 g/mol. The summed E-state index contributed by atoms with van der Waals surface area (Å²) in [5.74, 6) is -1.59. The Bertz CT molecular complexity index is 512. The van der Waals surface area contributed by atoms with Gasteiger partial charge in [0, 0.05) is 12.0 Å². The molecule has 3 unspecified atom stereocenters. The number of allylic oxidation sites excluding steroid dienone is 2. The van der Waals surface area contributed by atoms with Gasteiger partial charge in [-0.2, -0.15) is 0 Å². The van der Waals surface area contributed by atoms with E-state index in [4.69, 9.17) is 9.47 Å². The van der Waals surface area contributed by atoms with Crippen LogP contribution in [-0.2, 0) is 23.9 Å². The number of hydrogen-bond donors (Lipinski definition) is 1. The zero-order valence-corrected chi connectivity index (χ0v) is 14.7. The van der Waals surface area contributed by atoms with E-state index in [0.29, 0.717) is 0 Å². The third-order valence-corrected chi connectivity index (χ3v) is 4.28. The van der Waals surface area contributed by atoms with Crippen LogP contribution in [0.4, 0.5) is 0 Å². The van der Waals surface area contributed by atoms with Crippen molar-refractivity contribution < 1.29 is 23.9 Å². The van der Waals surface area contributed by atoms with Crippen LogP contribution in [0.25, 0.3) is 0 Å². The van der Waals surface area contributed by atoms with E-state index in [9.17, 15) is 14.4 Å². The van der Waals surface area contributed by atoms with E-state index in [-0.39, 0.29) is 25.0 Å². The molecule has 6 heteroatoms. The highest BCUT2D eigenvalue weighted by Crippen LogP contribution is 2.32. The SMILES string of the molecule is C=CC(=O)OC(C(=O)NCC(=O)OCC)C(C)C1CC=C(C)CC1. The molecular weight excluding hydrogens is 310 g/mol. The number of carbonyl (C=O) groups excluding carboxylic acids is 3. The van der Waals surface area contributed by atoms with Crippen LogP contribution in [0.5, 0.6) is 0 Å². The van der Waals surface area contributed by atoms with Gasteiger partial charge in [-0.05, 0) is 39.0 Å². The van der Waals surface area contributed by atoms with Crippen molar-refractivity contribution in [2.45, 2.75) is 46.1 Å². The van der Waals surface area contributed by atoms with Crippen molar-refractivity contribution in [2.24, 2.45) is 11.8 Å². The van der Waals surface area contributed by atoms with Gasteiger partial charge in [0.15, 0.2) is 6.10 Å². The van der Waals surface area contributed by atoms with E-state index < -0.39 is 23.9 Å². The lowest BCUT2D eigenvalue weighted by molar-refractivity contribution is -0.156. The van der Waals surface area contributed by atoms with Crippen molar-refractivity contribution in [3.63, 3.8) is 0 Å². The first-order chi connectivity index (χ1) is 11.4. The van der Waals surface area contributed by atoms with Gasteiger partial charge in [0.2, 0.25) is 0 Å². The van der Waals surface area contributed by atoms with E-state index in [1.54, 1.807) is 6.92 Å². The summed E-state index contributed by atoms with van der Waals surface area (Å²) in [5, 5.41) is 2.49. The molecule has 24 heavy (non-hydrogen) atoms. The Kier molecular flexibility index (Phi) is 8.22. The fourth-order valence-electron chi connectivity index (χ4n) is 2.76. The summed E-state index contributed by atoms with van der Waals surface area (Å²) < 4.78 is 10.0. The molecule has 1 aliphatic carbocycles. The standard InChI is InChI=1S/C18H27NO5/c1-5-15(20)24-17(18(22)19-11-16(21)23-6-2)13(4)14-9-7-12(3)8-10-14/h5,7,13-14,17H,1,6,8-11H2,2-4H3,(H,19,22). The monoisotopic (exact) mass is 337 g/mol. The molecule has 0 aromatic heterocycles. The van der Waals surface area contributed by atoms with E-state index in [2.05, 4.69) is 24.9 Å². The van der Waals surface area contributed by atoms with Gasteiger partial charge >= 0.3 is 11.9 Å². The molecule has 0 aliphatic heterocycles. The van der Waals surface area contributed by atoms with Gasteiger partial charge in [0.25, 0.3) is 5.91 Å². The zero-order valence-electron chi connectivity index (χ0n) is 14.7. The molecule has 0 fully saturated rings. The molecule has 3 atom stereocenters. The maximum Gasteiger partial charge on any atom is 0.330 e. The van der Waals surface area contributed by atoms with Crippen molar-refractivity contribution in [2.75, 3.05) is 13.2 Å². The topological polar surface area (TPSA) is 81.7 Å². The maximum atomic E-state index is 12.4. The lowest BCUT2D eigenvalue weighted by Crippen LogP contribution is -2.45. The predicted octanol–water partition coefficient (Wildman–Crippen LogP) is 2.15. The number of esters is 2. The minimum Gasteiger partial charge on any atom is -0.465 e. The van der Waals surface area contributed by atoms with Gasteiger partial charge in [-0.25, -0.2) is 4.79 Å². The van der Waals surface area contributed by atoms with Crippen LogP contribution in [0.1, 0.15) is 40.0 Å². The summed E-state index contributed by atoms with van der Waals surface area (Å²) in [6.45, 7) is 9.03. The van der Waals surface area contributed by atoms with E-state index >= 15 is 0 Å². The molecule has 0 bridgehead atoms. The first kappa shape index (κ1) is 19.9. The minimum absolute atomic E-state index is 0.166. The molecule has 134 valence electrons. The van der Waals surface area contributed by atoms with Crippen LogP contribution in [0.2, 0.25) is 0 Å². The number of nitrogens with one attached hydrogen (secondary N) is 1. The number of hydrogen-bond acceptors (Lipinski definition) is 5. The summed E-state index contributed by atoms with van der Waals surface area (Å²) in [6, 6.07) is 0. The highest BCUT2D eigenvalue weighted by atomic mass is 16.5. The van der Waals surface area contributed by atoms with Crippen molar-refractivity contribution in [3.05, 3.63) is 24.3 Å². The second-order valence-electron chi connectivity index (χ2n) is 6.03. The first-order valence-electron chi connectivity index (χ1n) is 8.31. The van der Waals surface area contributed by atoms with Crippen LogP contribution in [0, 0.1) is 11.8 Å². The Labute approximate surface area is 143 Å². The van der Waals surface area contributed by atoms with Crippen LogP contribution in [0.3, 0.4) is 0 Å². The Hall–Kier alpha value is -2.11. The zero-order chi connectivity index (χ0) is 18.1. The second kappa shape index (κ2) is 9.90. The third-order valence-electron chi connectivity index (χ3n) is 4.28. The Balaban J connectivity index is 2.74. The molecule has 1 amide bonds. The lowest BCUT2D eigenvalue weighted by Gasteiger charge is -2.31. The van der Waals surface area contributed by atoms with Gasteiger partial charge < -0.3 is 14.8 Å². The van der Waals surface area contributed by atoms with E-state index in [1.165, 1.54) is 5.57 Å².